The molecule has 4 N–H and O–H groups in total. The molecule has 0 aliphatic rings. The van der Waals surface area contributed by atoms with Gasteiger partial charge in [-0.1, -0.05) is 0 Å². The molecule has 7 heavy (non-hydrogen) atoms. The maximum atomic E-state index is 0. The van der Waals surface area contributed by atoms with E-state index in [1.807, 2.05) is 0 Å². The van der Waals surface area contributed by atoms with E-state index in [2.05, 4.69) is 0 Å². The van der Waals surface area contributed by atoms with E-state index in [4.69, 9.17) is 0 Å². The molecule has 0 fully saturated rings. The molecule has 0 aliphatic carbocycles. The molecule has 0 saturated heterocycles. The minimum Gasteiger partial charge on any atom is -2.00 e. The second-order valence-electron chi connectivity index (χ2n) is 0. The Morgan fingerprint density at radius 2 is 0.714 bits per heavy atom. The first-order valence-electron chi connectivity index (χ1n) is 0. The van der Waals surface area contributed by atoms with Crippen LogP contribution in [0, 0.1) is 0 Å². The van der Waals surface area contributed by atoms with Crippen LogP contribution in [-0.4, -0.2) is 11.0 Å². The van der Waals surface area contributed by atoms with Crippen LogP contribution in [0.4, 0.5) is 0 Å². The van der Waals surface area contributed by atoms with Crippen LogP contribution in [0.2, 0.25) is 0 Å². The summed E-state index contributed by atoms with van der Waals surface area (Å²) in [6.45, 7) is 0. The van der Waals surface area contributed by atoms with Gasteiger partial charge in [0.2, 0.25) is 0 Å². The van der Waals surface area contributed by atoms with E-state index in [-0.39, 0.29) is 74.9 Å². The molecule has 0 aliphatic heterocycles. The summed E-state index contributed by atoms with van der Waals surface area (Å²) in [5.41, 5.74) is 0. The Morgan fingerprint density at radius 1 is 0.714 bits per heavy atom. The molecule has 0 amide bonds. The van der Waals surface area contributed by atoms with Crippen LogP contribution in [0.5, 0.6) is 0 Å². The van der Waals surface area contributed by atoms with Crippen molar-refractivity contribution < 1.29 is 74.9 Å². The van der Waals surface area contributed by atoms with Crippen molar-refractivity contribution in [2.24, 2.45) is 0 Å². The number of hydrogen-bond acceptors (Lipinski definition) is 0. The fraction of sp³-hybridized carbons (Fsp3) is 0. The smallest absolute Gasteiger partial charge is 2.00 e. The number of rotatable bonds is 0. The van der Waals surface area contributed by atoms with Gasteiger partial charge >= 0.3 is 36.5 Å². The van der Waals surface area contributed by atoms with Gasteiger partial charge in [-0.15, -0.1) is 0 Å². The molecule has 1 radical (unpaired) electrons. The first kappa shape index (κ1) is 217. The monoisotopic (exact) mass is 245 g/mol. The average molecular weight is 247 g/mol. The van der Waals surface area contributed by atoms with Crippen LogP contribution in [0.1, 0.15) is 0 Å². The molecule has 0 heterocycles. The molecule has 0 aromatic rings. The molecule has 47 valence electrons. The van der Waals surface area contributed by atoms with Gasteiger partial charge in [0.25, 0.3) is 0 Å². The minimum absolute atomic E-state index is 0. The van der Waals surface area contributed by atoms with Crippen LogP contribution in [-0.2, 0) is 64.0 Å². The van der Waals surface area contributed by atoms with Crippen molar-refractivity contribution in [1.82, 2.24) is 0 Å². The van der Waals surface area contributed by atoms with E-state index in [9.17, 15) is 0 Å². The first-order valence-corrected chi connectivity index (χ1v) is 0. The van der Waals surface area contributed by atoms with Gasteiger partial charge in [0.1, 0.15) is 0 Å². The van der Waals surface area contributed by atoms with Crippen LogP contribution < -0.4 is 0 Å². The van der Waals surface area contributed by atoms with Gasteiger partial charge in [-0.05, 0) is 0 Å². The van der Waals surface area contributed by atoms with E-state index in [1.54, 1.807) is 0 Å². The summed E-state index contributed by atoms with van der Waals surface area (Å²) < 4.78 is 0. The molecule has 0 unspecified atom stereocenters. The molecule has 0 aromatic heterocycles. The summed E-state index contributed by atoms with van der Waals surface area (Å²) in [6.07, 6.45) is 0. The van der Waals surface area contributed by atoms with Crippen molar-refractivity contribution in [3.63, 3.8) is 0 Å². The van der Waals surface area contributed by atoms with Gasteiger partial charge in [-0.25, -0.2) is 0 Å². The third-order valence-electron chi connectivity index (χ3n) is 0. The van der Waals surface area contributed by atoms with E-state index in [0.717, 1.165) is 0 Å². The Labute approximate surface area is 74.8 Å². The summed E-state index contributed by atoms with van der Waals surface area (Å²) in [5, 5.41) is 0. The Hall–Kier alpha value is 1.48. The molecule has 4 nitrogen and oxygen atoms in total. The maximum Gasteiger partial charge on any atom is 2.00 e. The van der Waals surface area contributed by atoms with Crippen molar-refractivity contribution in [1.29, 1.82) is 0 Å². The van der Waals surface area contributed by atoms with E-state index in [1.165, 1.54) is 0 Å². The molecule has 0 aromatic carbocycles. The van der Waals surface area contributed by atoms with Gasteiger partial charge in [0.05, 0.1) is 0 Å². The fourth-order valence-electron chi connectivity index (χ4n) is 0. The van der Waals surface area contributed by atoms with Crippen LogP contribution in [0.25, 0.3) is 0 Å². The summed E-state index contributed by atoms with van der Waals surface area (Å²) in [6, 6.07) is 0. The molecular weight excluding hydrogens is 243 g/mol. The van der Waals surface area contributed by atoms with Crippen molar-refractivity contribution in [3.05, 3.63) is 0 Å². The SMILES string of the molecule is O.O.[Mn+2].[Ni].[O-2].[O-2].[Zn+2]. The summed E-state index contributed by atoms with van der Waals surface area (Å²) >= 11 is 0. The van der Waals surface area contributed by atoms with Crippen molar-refractivity contribution in [3.8, 4) is 0 Å². The zero-order chi connectivity index (χ0) is 0. The number of hydrogen-bond donors (Lipinski definition) is 0. The Morgan fingerprint density at radius 3 is 0.714 bits per heavy atom. The zero-order valence-electron chi connectivity index (χ0n) is 3.22. The molecule has 0 saturated carbocycles. The summed E-state index contributed by atoms with van der Waals surface area (Å²) in [5.74, 6) is 0. The van der Waals surface area contributed by atoms with E-state index in [0.29, 0.717) is 0 Å². The Balaban J connectivity index is 0. The second kappa shape index (κ2) is 144. The van der Waals surface area contributed by atoms with Gasteiger partial charge in [-0.3, -0.25) is 0 Å². The molecule has 0 bridgehead atoms. The summed E-state index contributed by atoms with van der Waals surface area (Å²) in [7, 11) is 0. The standard InChI is InChI=1S/Mn.Ni.2H2O.2O.Zn/h;;2*1H2;;;/q+2;;;;2*-2;+2. The van der Waals surface area contributed by atoms with Crippen molar-refractivity contribution in [2.75, 3.05) is 0 Å². The molecule has 0 rings (SSSR count). The van der Waals surface area contributed by atoms with Crippen molar-refractivity contribution in [2.45, 2.75) is 0 Å². The van der Waals surface area contributed by atoms with E-state index < -0.39 is 0 Å². The van der Waals surface area contributed by atoms with Gasteiger partial charge in [-0.2, -0.15) is 0 Å². The van der Waals surface area contributed by atoms with Gasteiger partial charge in [0.15, 0.2) is 0 Å². The molecular formula is H4MnNiO4Zn. The second-order valence-corrected chi connectivity index (χ2v) is 0. The third-order valence-corrected chi connectivity index (χ3v) is 0. The predicted octanol–water partition coefficient (Wildman–Crippen LogP) is -1.89. The van der Waals surface area contributed by atoms with Crippen LogP contribution in [0.15, 0.2) is 0 Å². The first-order chi connectivity index (χ1) is 0. The van der Waals surface area contributed by atoms with Crippen LogP contribution in [0.3, 0.4) is 0 Å². The predicted molar refractivity (Wildman–Crippen MR) is 8.60 cm³/mol. The Kier molecular flexibility index (Phi) is 4470. The van der Waals surface area contributed by atoms with Crippen molar-refractivity contribution >= 4 is 0 Å². The quantitative estimate of drug-likeness (QED) is 0.444. The molecule has 7 heteroatoms. The van der Waals surface area contributed by atoms with Gasteiger partial charge < -0.3 is 21.9 Å². The topological polar surface area (TPSA) is 120 Å². The average Bonchev–Trinajstić information content (AvgIpc) is 0. The van der Waals surface area contributed by atoms with E-state index >= 15 is 0 Å². The van der Waals surface area contributed by atoms with Gasteiger partial charge in [0, 0.05) is 16.5 Å². The largest absolute Gasteiger partial charge is 2.00 e. The summed E-state index contributed by atoms with van der Waals surface area (Å²) in [4.78, 5) is 0. The minimum atomic E-state index is 0. The van der Waals surface area contributed by atoms with Crippen LogP contribution >= 0.6 is 0 Å². The normalized spacial score (nSPS) is 0. The maximum absolute atomic E-state index is 0. The molecule has 0 spiro atoms. The molecule has 0 atom stereocenters. The fourth-order valence-corrected chi connectivity index (χ4v) is 0. The zero-order valence-corrected chi connectivity index (χ0v) is 8.35. The third kappa shape index (κ3) is 103. The Bertz CT molecular complexity index is 11.7.